The zero-order valence-corrected chi connectivity index (χ0v) is 16.9. The van der Waals surface area contributed by atoms with E-state index >= 15 is 0 Å². The molecule has 0 radical (unpaired) electrons. The van der Waals surface area contributed by atoms with Crippen LogP contribution in [0, 0.1) is 10.1 Å². The molecule has 0 aliphatic carbocycles. The van der Waals surface area contributed by atoms with Gasteiger partial charge >= 0.3 is 12.9 Å². The van der Waals surface area contributed by atoms with Crippen LogP contribution >= 0.6 is 0 Å². The van der Waals surface area contributed by atoms with Crippen LogP contribution in [0.15, 0.2) is 64.8 Å². The maximum absolute atomic E-state index is 12.7. The van der Waals surface area contributed by atoms with Crippen molar-refractivity contribution in [2.24, 2.45) is 10.2 Å². The Morgan fingerprint density at radius 1 is 1.19 bits per heavy atom. The quantitative estimate of drug-likeness (QED) is 0.423. The lowest BCUT2D eigenvalue weighted by molar-refractivity contribution is -0.443. The van der Waals surface area contributed by atoms with Gasteiger partial charge in [-0.05, 0) is 29.4 Å². The fourth-order valence-electron chi connectivity index (χ4n) is 3.14. The normalized spacial score (nSPS) is 20.8. The van der Waals surface area contributed by atoms with Crippen molar-refractivity contribution in [1.82, 2.24) is 0 Å². The summed E-state index contributed by atoms with van der Waals surface area (Å²) in [5.74, 6) is -1.70. The van der Waals surface area contributed by atoms with Crippen molar-refractivity contribution in [2.45, 2.75) is 13.8 Å². The van der Waals surface area contributed by atoms with E-state index in [1.54, 1.807) is 24.3 Å². The highest BCUT2D eigenvalue weighted by molar-refractivity contribution is 6.74. The summed E-state index contributed by atoms with van der Waals surface area (Å²) in [6, 6.07) is 14.3. The molecule has 2 aromatic carbocycles. The van der Waals surface area contributed by atoms with Gasteiger partial charge in [0.25, 0.3) is 11.7 Å². The molecule has 2 aliphatic rings. The molecule has 2 aromatic rings. The van der Waals surface area contributed by atoms with Crippen LogP contribution in [0.2, 0.25) is 0 Å². The number of benzene rings is 2. The Labute approximate surface area is 181 Å². The van der Waals surface area contributed by atoms with Gasteiger partial charge in [-0.2, -0.15) is 9.70 Å². The van der Waals surface area contributed by atoms with Gasteiger partial charge in [0.1, 0.15) is 0 Å². The van der Waals surface area contributed by atoms with Gasteiger partial charge in [-0.15, -0.1) is 0 Å². The number of para-hydroxylation sites is 1. The molecule has 162 valence electrons. The van der Waals surface area contributed by atoms with Crippen molar-refractivity contribution in [3.05, 3.63) is 70.3 Å². The molecule has 13 heteroatoms. The third kappa shape index (κ3) is 3.78. The second-order valence-electron chi connectivity index (χ2n) is 6.81. The summed E-state index contributed by atoms with van der Waals surface area (Å²) >= 11 is 0. The summed E-state index contributed by atoms with van der Waals surface area (Å²) in [5.41, 5.74) is 3.72. The predicted molar refractivity (Wildman–Crippen MR) is 113 cm³/mol. The Kier molecular flexibility index (Phi) is 5.14. The van der Waals surface area contributed by atoms with Gasteiger partial charge < -0.3 is 14.0 Å². The van der Waals surface area contributed by atoms with Gasteiger partial charge in [-0.25, -0.2) is 4.79 Å². The third-order valence-electron chi connectivity index (χ3n) is 4.60. The number of nitrogens with one attached hydrogen (secondary N) is 1. The van der Waals surface area contributed by atoms with E-state index in [-0.39, 0.29) is 23.0 Å². The highest BCUT2D eigenvalue weighted by Crippen LogP contribution is 2.27. The molecule has 0 spiro atoms. The van der Waals surface area contributed by atoms with Crippen molar-refractivity contribution >= 4 is 47.5 Å². The molecule has 2 heterocycles. The van der Waals surface area contributed by atoms with Crippen molar-refractivity contribution in [3.63, 3.8) is 0 Å². The van der Waals surface area contributed by atoms with Gasteiger partial charge in [0.15, 0.2) is 5.71 Å². The van der Waals surface area contributed by atoms with Crippen LogP contribution < -0.4 is 5.43 Å². The number of carbonyl (C=O) groups is 2. The number of nitrogens with zero attached hydrogens (tertiary/aromatic N) is 4. The minimum Gasteiger partial charge on any atom is -0.563 e. The zero-order chi connectivity index (χ0) is 22.9. The van der Waals surface area contributed by atoms with E-state index in [1.165, 1.54) is 31.2 Å². The highest BCUT2D eigenvalue weighted by Gasteiger charge is 2.66. The fraction of sp³-hybridized carbons (Fsp3) is 0.105. The Morgan fingerprint density at radius 2 is 1.88 bits per heavy atom. The van der Waals surface area contributed by atoms with Crippen molar-refractivity contribution in [1.29, 1.82) is 0 Å². The summed E-state index contributed by atoms with van der Waals surface area (Å²) in [6.45, 7) is -0.446. The zero-order valence-electron chi connectivity index (χ0n) is 16.9. The number of nitro benzene ring substituents is 1. The van der Waals surface area contributed by atoms with E-state index in [9.17, 15) is 19.7 Å². The average molecular weight is 437 g/mol. The number of hydrogen-bond donors (Lipinski definition) is 1. The fourth-order valence-corrected chi connectivity index (χ4v) is 3.14. The molecule has 1 unspecified atom stereocenters. The topological polar surface area (TPSA) is 145 Å². The van der Waals surface area contributed by atoms with Gasteiger partial charge in [0, 0.05) is 31.5 Å². The van der Waals surface area contributed by atoms with Crippen LogP contribution in [0.5, 0.6) is 0 Å². The molecule has 1 N–H and O–H groups in total. The number of fused-ring (bicyclic) bond motifs is 1. The molecule has 1 atom stereocenters. The smallest absolute Gasteiger partial charge is 0.563 e. The molecular weight excluding hydrogens is 421 g/mol. The minimum atomic E-state index is -3.12. The van der Waals surface area contributed by atoms with E-state index in [4.69, 9.17) is 14.0 Å². The van der Waals surface area contributed by atoms with Crippen LogP contribution in [0.3, 0.4) is 0 Å². The van der Waals surface area contributed by atoms with Gasteiger partial charge in [-0.3, -0.25) is 20.3 Å². The van der Waals surface area contributed by atoms with Crippen LogP contribution in [-0.4, -0.2) is 45.7 Å². The first-order chi connectivity index (χ1) is 15.3. The van der Waals surface area contributed by atoms with Crippen molar-refractivity contribution in [3.8, 4) is 0 Å². The van der Waals surface area contributed by atoms with Gasteiger partial charge in [0.2, 0.25) is 11.6 Å². The molecule has 12 nitrogen and oxygen atoms in total. The van der Waals surface area contributed by atoms with Gasteiger partial charge in [0.05, 0.1) is 10.6 Å². The summed E-state index contributed by atoms with van der Waals surface area (Å²) in [6.07, 6.45) is 0. The Morgan fingerprint density at radius 3 is 2.50 bits per heavy atom. The summed E-state index contributed by atoms with van der Waals surface area (Å²) < 4.78 is 17.4. The Bertz CT molecular complexity index is 1210. The van der Waals surface area contributed by atoms with Gasteiger partial charge in [-0.1, -0.05) is 18.2 Å². The van der Waals surface area contributed by atoms with E-state index in [2.05, 4.69) is 15.6 Å². The number of carbonyl (C=O) groups excluding carboxylic acids is 2. The molecule has 0 amide bonds. The van der Waals surface area contributed by atoms with Crippen LogP contribution in [0.4, 0.5) is 11.4 Å². The average Bonchev–Trinajstić information content (AvgIpc) is 3.13. The first-order valence-corrected chi connectivity index (χ1v) is 9.40. The number of hydrogen-bond acceptors (Lipinski definition) is 10. The monoisotopic (exact) mass is 437 g/mol. The van der Waals surface area contributed by atoms with Crippen molar-refractivity contribution < 1.29 is 33.1 Å². The molecule has 0 saturated heterocycles. The molecule has 2 aliphatic heterocycles. The number of non-ortho nitro benzene ring substituents is 1. The van der Waals surface area contributed by atoms with E-state index in [0.717, 1.165) is 11.5 Å². The molecule has 0 saturated carbocycles. The van der Waals surface area contributed by atoms with E-state index in [1.807, 2.05) is 6.07 Å². The standard InChI is InChI=1S/C19H16BN5O7/c1-12-17(22-21-15-6-4-3-5-7-15)19(27)32-20(30-13(2)26)24(12)23-18(31-20)14-8-10-16(11-9-14)25(28)29/h3-11,21H,1-2H3/b22-17+. The molecule has 32 heavy (non-hydrogen) atoms. The second-order valence-corrected chi connectivity index (χ2v) is 6.81. The lowest BCUT2D eigenvalue weighted by atomic mass is 9.93. The lowest BCUT2D eigenvalue weighted by Crippen LogP contribution is -2.61. The highest BCUT2D eigenvalue weighted by atomic mass is 16.8. The summed E-state index contributed by atoms with van der Waals surface area (Å²) in [4.78, 5) is 34.8. The first kappa shape index (κ1) is 20.7. The van der Waals surface area contributed by atoms with Crippen LogP contribution in [-0.2, 0) is 23.6 Å². The van der Waals surface area contributed by atoms with Crippen molar-refractivity contribution in [2.75, 3.05) is 5.43 Å². The third-order valence-corrected chi connectivity index (χ3v) is 4.60. The maximum Gasteiger partial charge on any atom is 0.908 e. The molecular formula is C19H16BN5O7. The van der Waals surface area contributed by atoms with Crippen LogP contribution in [0.1, 0.15) is 19.4 Å². The second kappa shape index (κ2) is 7.94. The number of anilines is 1. The number of rotatable bonds is 5. The summed E-state index contributed by atoms with van der Waals surface area (Å²) in [5, 5.41) is 19.3. The molecule has 0 fully saturated rings. The van der Waals surface area contributed by atoms with E-state index in [0.29, 0.717) is 11.3 Å². The Balaban J connectivity index is 1.74. The molecule has 4 rings (SSSR count). The molecule has 0 bridgehead atoms. The largest absolute Gasteiger partial charge is 0.908 e. The van der Waals surface area contributed by atoms with Crippen LogP contribution in [0.25, 0.3) is 0 Å². The predicted octanol–water partition coefficient (Wildman–Crippen LogP) is 1.78. The first-order valence-electron chi connectivity index (χ1n) is 9.40. The maximum atomic E-state index is 12.7. The minimum absolute atomic E-state index is 0.0504. The lowest BCUT2D eigenvalue weighted by Gasteiger charge is -2.30. The summed E-state index contributed by atoms with van der Waals surface area (Å²) in [7, 11) is 0. The SMILES string of the molecule is CC(=O)O[B-]12OC(=O)/C(=N/Nc3ccccc3)C(C)=[N+]1N=C(c1ccc([N+](=O)[O-])cc1)O2. The van der Waals surface area contributed by atoms with E-state index < -0.39 is 23.8 Å². The number of hydrazone groups is 2. The number of nitro groups is 1. The Hall–Kier alpha value is -4.55. The molecule has 0 aromatic heterocycles.